The Labute approximate surface area is 85.7 Å². The molecule has 82 valence electrons. The fraction of sp³-hybridized carbons (Fsp3) is 0.909. The summed E-state index contributed by atoms with van der Waals surface area (Å²) in [6.07, 6.45) is 3.37. The van der Waals surface area contributed by atoms with Crippen molar-refractivity contribution in [2.24, 2.45) is 23.0 Å². The summed E-state index contributed by atoms with van der Waals surface area (Å²) in [7, 11) is 0. The number of carboxylic acids is 1. The minimum Gasteiger partial charge on any atom is -0.481 e. The lowest BCUT2D eigenvalue weighted by molar-refractivity contribution is -0.140. The first-order valence-electron chi connectivity index (χ1n) is 5.47. The van der Waals surface area contributed by atoms with Crippen LogP contribution in [0.2, 0.25) is 0 Å². The minimum atomic E-state index is -0.706. The molecule has 0 bridgehead atoms. The smallest absolute Gasteiger partial charge is 0.303 e. The molecule has 1 aliphatic carbocycles. The Balaban J connectivity index is 2.69. The van der Waals surface area contributed by atoms with Gasteiger partial charge in [0, 0.05) is 0 Å². The zero-order chi connectivity index (χ0) is 10.8. The van der Waals surface area contributed by atoms with E-state index in [2.05, 4.69) is 13.8 Å². The molecule has 1 aliphatic rings. The standard InChI is InChI=1S/C11H21NO2/c1-3-4-11(7-12,6-10(13)14)9-5-8(9)2/h8-9H,3-7,12H2,1-2H3,(H,13,14). The van der Waals surface area contributed by atoms with Crippen LogP contribution in [-0.2, 0) is 4.79 Å². The maximum atomic E-state index is 10.8. The van der Waals surface area contributed by atoms with Gasteiger partial charge in [0.2, 0.25) is 0 Å². The van der Waals surface area contributed by atoms with Crippen LogP contribution >= 0.6 is 0 Å². The number of carboxylic acid groups (broad SMARTS) is 1. The van der Waals surface area contributed by atoms with Gasteiger partial charge in [-0.15, -0.1) is 0 Å². The number of nitrogens with two attached hydrogens (primary N) is 1. The van der Waals surface area contributed by atoms with E-state index >= 15 is 0 Å². The highest BCUT2D eigenvalue weighted by Gasteiger charge is 2.49. The van der Waals surface area contributed by atoms with Crippen LogP contribution in [0.4, 0.5) is 0 Å². The topological polar surface area (TPSA) is 63.3 Å². The third kappa shape index (κ3) is 2.27. The normalized spacial score (nSPS) is 29.6. The quantitative estimate of drug-likeness (QED) is 0.686. The van der Waals surface area contributed by atoms with E-state index in [4.69, 9.17) is 10.8 Å². The first kappa shape index (κ1) is 11.5. The average Bonchev–Trinajstić information content (AvgIpc) is 2.81. The third-order valence-electron chi connectivity index (χ3n) is 3.55. The van der Waals surface area contributed by atoms with Gasteiger partial charge in [0.15, 0.2) is 0 Å². The first-order valence-corrected chi connectivity index (χ1v) is 5.47. The molecular formula is C11H21NO2. The molecule has 1 saturated carbocycles. The van der Waals surface area contributed by atoms with Crippen LogP contribution in [-0.4, -0.2) is 17.6 Å². The summed E-state index contributed by atoms with van der Waals surface area (Å²) in [5, 5.41) is 8.91. The summed E-state index contributed by atoms with van der Waals surface area (Å²) in [4.78, 5) is 10.8. The molecule has 3 unspecified atom stereocenters. The second kappa shape index (κ2) is 4.30. The van der Waals surface area contributed by atoms with Crippen LogP contribution in [0.5, 0.6) is 0 Å². The molecule has 0 amide bonds. The van der Waals surface area contributed by atoms with Gasteiger partial charge in [-0.05, 0) is 36.6 Å². The van der Waals surface area contributed by atoms with Crippen LogP contribution in [0.25, 0.3) is 0 Å². The van der Waals surface area contributed by atoms with Crippen molar-refractivity contribution in [1.29, 1.82) is 0 Å². The summed E-state index contributed by atoms with van der Waals surface area (Å²) < 4.78 is 0. The Kier molecular flexibility index (Phi) is 3.53. The first-order chi connectivity index (χ1) is 6.55. The fourth-order valence-corrected chi connectivity index (χ4v) is 2.71. The maximum absolute atomic E-state index is 10.8. The Morgan fingerprint density at radius 1 is 1.64 bits per heavy atom. The molecule has 0 radical (unpaired) electrons. The highest BCUT2D eigenvalue weighted by atomic mass is 16.4. The lowest BCUT2D eigenvalue weighted by Crippen LogP contribution is -2.35. The number of hydrogen-bond acceptors (Lipinski definition) is 2. The third-order valence-corrected chi connectivity index (χ3v) is 3.55. The zero-order valence-corrected chi connectivity index (χ0v) is 9.12. The SMILES string of the molecule is CCCC(CN)(CC(=O)O)C1CC1C. The Morgan fingerprint density at radius 2 is 2.21 bits per heavy atom. The number of hydrogen-bond donors (Lipinski definition) is 2. The van der Waals surface area contributed by atoms with E-state index in [-0.39, 0.29) is 11.8 Å². The van der Waals surface area contributed by atoms with Gasteiger partial charge in [-0.1, -0.05) is 20.3 Å². The number of aliphatic carboxylic acids is 1. The van der Waals surface area contributed by atoms with Crippen molar-refractivity contribution in [3.8, 4) is 0 Å². The summed E-state index contributed by atoms with van der Waals surface area (Å²) in [5.74, 6) is 0.510. The van der Waals surface area contributed by atoms with E-state index in [0.29, 0.717) is 18.4 Å². The van der Waals surface area contributed by atoms with Gasteiger partial charge < -0.3 is 10.8 Å². The molecule has 3 heteroatoms. The molecular weight excluding hydrogens is 178 g/mol. The second-order valence-electron chi connectivity index (χ2n) is 4.71. The Hall–Kier alpha value is -0.570. The molecule has 3 N–H and O–H groups in total. The van der Waals surface area contributed by atoms with Crippen molar-refractivity contribution in [3.63, 3.8) is 0 Å². The van der Waals surface area contributed by atoms with Crippen molar-refractivity contribution in [2.75, 3.05) is 6.54 Å². The largest absolute Gasteiger partial charge is 0.481 e. The van der Waals surface area contributed by atoms with E-state index in [9.17, 15) is 4.79 Å². The molecule has 0 aliphatic heterocycles. The van der Waals surface area contributed by atoms with Gasteiger partial charge in [-0.3, -0.25) is 4.79 Å². The van der Waals surface area contributed by atoms with E-state index in [1.54, 1.807) is 0 Å². The molecule has 0 spiro atoms. The monoisotopic (exact) mass is 199 g/mol. The molecule has 14 heavy (non-hydrogen) atoms. The lowest BCUT2D eigenvalue weighted by Gasteiger charge is -2.31. The van der Waals surface area contributed by atoms with Gasteiger partial charge in [-0.25, -0.2) is 0 Å². The van der Waals surface area contributed by atoms with Gasteiger partial charge in [-0.2, -0.15) is 0 Å². The van der Waals surface area contributed by atoms with Crippen molar-refractivity contribution in [2.45, 2.75) is 39.5 Å². The van der Waals surface area contributed by atoms with Crippen LogP contribution < -0.4 is 5.73 Å². The average molecular weight is 199 g/mol. The Morgan fingerprint density at radius 3 is 2.50 bits per heavy atom. The van der Waals surface area contributed by atoms with E-state index in [1.807, 2.05) is 0 Å². The van der Waals surface area contributed by atoms with Crippen molar-refractivity contribution < 1.29 is 9.90 Å². The summed E-state index contributed by atoms with van der Waals surface area (Å²) in [6, 6.07) is 0. The number of rotatable bonds is 6. The molecule has 0 aromatic rings. The molecule has 0 aromatic carbocycles. The zero-order valence-electron chi connectivity index (χ0n) is 9.12. The highest BCUT2D eigenvalue weighted by Crippen LogP contribution is 2.54. The highest BCUT2D eigenvalue weighted by molar-refractivity contribution is 5.68. The van der Waals surface area contributed by atoms with Gasteiger partial charge in [0.05, 0.1) is 6.42 Å². The fourth-order valence-electron chi connectivity index (χ4n) is 2.71. The van der Waals surface area contributed by atoms with Crippen LogP contribution in [0.1, 0.15) is 39.5 Å². The molecule has 1 fully saturated rings. The van der Waals surface area contributed by atoms with Crippen LogP contribution in [0.15, 0.2) is 0 Å². The predicted octanol–water partition coefficient (Wildman–Crippen LogP) is 1.86. The minimum absolute atomic E-state index is 0.125. The predicted molar refractivity (Wildman–Crippen MR) is 55.9 cm³/mol. The van der Waals surface area contributed by atoms with E-state index in [0.717, 1.165) is 19.3 Å². The van der Waals surface area contributed by atoms with Gasteiger partial charge in [0.1, 0.15) is 0 Å². The van der Waals surface area contributed by atoms with Gasteiger partial charge >= 0.3 is 5.97 Å². The summed E-state index contributed by atoms with van der Waals surface area (Å²) in [6.45, 7) is 4.80. The maximum Gasteiger partial charge on any atom is 0.303 e. The Bertz CT molecular complexity index is 217. The molecule has 0 aromatic heterocycles. The molecule has 0 heterocycles. The van der Waals surface area contributed by atoms with Crippen LogP contribution in [0, 0.1) is 17.3 Å². The molecule has 0 saturated heterocycles. The second-order valence-corrected chi connectivity index (χ2v) is 4.71. The summed E-state index contributed by atoms with van der Waals surface area (Å²) >= 11 is 0. The van der Waals surface area contributed by atoms with E-state index < -0.39 is 5.97 Å². The van der Waals surface area contributed by atoms with E-state index in [1.165, 1.54) is 0 Å². The van der Waals surface area contributed by atoms with Crippen LogP contribution in [0.3, 0.4) is 0 Å². The number of carbonyl (C=O) groups is 1. The molecule has 3 nitrogen and oxygen atoms in total. The van der Waals surface area contributed by atoms with Gasteiger partial charge in [0.25, 0.3) is 0 Å². The van der Waals surface area contributed by atoms with Crippen molar-refractivity contribution >= 4 is 5.97 Å². The van der Waals surface area contributed by atoms with Crippen molar-refractivity contribution in [1.82, 2.24) is 0 Å². The summed E-state index contributed by atoms with van der Waals surface area (Å²) in [5.41, 5.74) is 5.66. The van der Waals surface area contributed by atoms with Crippen molar-refractivity contribution in [3.05, 3.63) is 0 Å². The lowest BCUT2D eigenvalue weighted by atomic mass is 9.75. The molecule has 1 rings (SSSR count). The molecule has 3 atom stereocenters.